The lowest BCUT2D eigenvalue weighted by Gasteiger charge is -2.43. The molecule has 0 N–H and O–H groups in total. The van der Waals surface area contributed by atoms with Crippen LogP contribution in [-0.2, 0) is 23.1 Å². The summed E-state index contributed by atoms with van der Waals surface area (Å²) in [5, 5.41) is 0. The molecule has 49 heavy (non-hydrogen) atoms. The quantitative estimate of drug-likeness (QED) is 0.177. The molecule has 2 saturated carbocycles. The van der Waals surface area contributed by atoms with Gasteiger partial charge in [0.15, 0.2) is 0 Å². The number of carbonyl (C=O) groups excluding carboxylic acids is 1. The number of likely N-dealkylation sites (tertiary alicyclic amines) is 2. The molecule has 266 valence electrons. The summed E-state index contributed by atoms with van der Waals surface area (Å²) in [6, 6.07) is 13.8. The van der Waals surface area contributed by atoms with Crippen LogP contribution in [0, 0.1) is 18.7 Å². The van der Waals surface area contributed by atoms with Gasteiger partial charge in [-0.15, -0.1) is 0 Å². The molecule has 0 bridgehead atoms. The summed E-state index contributed by atoms with van der Waals surface area (Å²) in [4.78, 5) is 18.1. The minimum absolute atomic E-state index is 0.0268. The molecule has 2 aliphatic heterocycles. The highest BCUT2D eigenvalue weighted by molar-refractivity contribution is 5.78. The highest BCUT2D eigenvalue weighted by Crippen LogP contribution is 2.44. The standard InChI is InChI=1S/C45H63FN2O/c1-6-8-40(49)17-22-45(7-2,31-35-10-11-35)42-16-12-36(29-41(42)32(3)4)28-34-18-23-47(24-19-34)39-20-25-48(26-21-39)44(37-14-15-37)30-38-13-9-33(5)27-43(38)46/h9,12-13,16,27,29,31-32,34,39H,6-8,10-11,14-15,17-26,28,30H2,1-5H3. The van der Waals surface area contributed by atoms with Crippen LogP contribution < -0.4 is 0 Å². The summed E-state index contributed by atoms with van der Waals surface area (Å²) in [6.07, 6.45) is 18.7. The van der Waals surface area contributed by atoms with Crippen molar-refractivity contribution in [1.82, 2.24) is 9.80 Å². The largest absolute Gasteiger partial charge is 0.374 e. The first-order valence-electron chi connectivity index (χ1n) is 20.0. The molecule has 4 heteroatoms. The number of allylic oxidation sites excluding steroid dienone is 4. The number of halogens is 1. The maximum absolute atomic E-state index is 14.7. The van der Waals surface area contributed by atoms with Crippen molar-refractivity contribution in [3.8, 4) is 0 Å². The van der Waals surface area contributed by atoms with Gasteiger partial charge in [-0.05, 0) is 143 Å². The molecule has 4 aliphatic rings. The highest BCUT2D eigenvalue weighted by atomic mass is 19.1. The average Bonchev–Trinajstić information content (AvgIpc) is 4.04. The first kappa shape index (κ1) is 36.1. The van der Waals surface area contributed by atoms with Crippen molar-refractivity contribution in [2.24, 2.45) is 5.92 Å². The van der Waals surface area contributed by atoms with Gasteiger partial charge in [0, 0.05) is 49.5 Å². The predicted octanol–water partition coefficient (Wildman–Crippen LogP) is 10.8. The van der Waals surface area contributed by atoms with E-state index in [0.29, 0.717) is 30.6 Å². The molecule has 2 aromatic rings. The number of piperidine rings is 2. The maximum atomic E-state index is 14.7. The molecule has 0 radical (unpaired) electrons. The van der Waals surface area contributed by atoms with Crippen molar-refractivity contribution in [3.05, 3.63) is 93.0 Å². The summed E-state index contributed by atoms with van der Waals surface area (Å²) >= 11 is 0. The number of aryl methyl sites for hydroxylation is 1. The van der Waals surface area contributed by atoms with Gasteiger partial charge in [-0.25, -0.2) is 4.39 Å². The Hall–Kier alpha value is -2.72. The maximum Gasteiger partial charge on any atom is 0.132 e. The third-order valence-electron chi connectivity index (χ3n) is 12.3. The zero-order chi connectivity index (χ0) is 34.5. The Morgan fingerprint density at radius 1 is 0.939 bits per heavy atom. The molecule has 2 saturated heterocycles. The molecule has 2 aliphatic carbocycles. The van der Waals surface area contributed by atoms with E-state index in [1.54, 1.807) is 17.2 Å². The Morgan fingerprint density at radius 3 is 2.29 bits per heavy atom. The molecule has 0 aromatic heterocycles. The van der Waals surface area contributed by atoms with Crippen LogP contribution >= 0.6 is 0 Å². The van der Waals surface area contributed by atoms with E-state index in [2.05, 4.69) is 61.8 Å². The summed E-state index contributed by atoms with van der Waals surface area (Å²) in [7, 11) is 0. The van der Waals surface area contributed by atoms with Crippen LogP contribution in [0.3, 0.4) is 0 Å². The molecule has 2 heterocycles. The minimum atomic E-state index is -0.0522. The third kappa shape index (κ3) is 9.15. The van der Waals surface area contributed by atoms with Gasteiger partial charge in [0.25, 0.3) is 0 Å². The fourth-order valence-corrected chi connectivity index (χ4v) is 8.94. The Bertz CT molecular complexity index is 1510. The second-order valence-electron chi connectivity index (χ2n) is 16.4. The molecule has 1 atom stereocenters. The fourth-order valence-electron chi connectivity index (χ4n) is 8.94. The highest BCUT2D eigenvalue weighted by Gasteiger charge is 2.35. The van der Waals surface area contributed by atoms with Crippen LogP contribution in [0.5, 0.6) is 0 Å². The molecule has 3 nitrogen and oxygen atoms in total. The summed E-state index contributed by atoms with van der Waals surface area (Å²) in [6.45, 7) is 15.7. The van der Waals surface area contributed by atoms with E-state index in [4.69, 9.17) is 0 Å². The monoisotopic (exact) mass is 666 g/mol. The Morgan fingerprint density at radius 2 is 1.67 bits per heavy atom. The van der Waals surface area contributed by atoms with Crippen LogP contribution in [0.15, 0.2) is 59.3 Å². The lowest BCUT2D eigenvalue weighted by atomic mass is 9.70. The molecule has 2 aromatic carbocycles. The Kier molecular flexibility index (Phi) is 11.8. The lowest BCUT2D eigenvalue weighted by Crippen LogP contribution is -2.47. The fraction of sp³-hybridized carbons (Fsp3) is 0.622. The molecular formula is C45H63FN2O. The van der Waals surface area contributed by atoms with E-state index in [9.17, 15) is 9.18 Å². The summed E-state index contributed by atoms with van der Waals surface area (Å²) in [5.74, 6) is 1.58. The van der Waals surface area contributed by atoms with Crippen LogP contribution in [0.25, 0.3) is 0 Å². The molecule has 6 rings (SSSR count). The normalized spacial score (nSPS) is 20.1. The first-order chi connectivity index (χ1) is 23.7. The van der Waals surface area contributed by atoms with E-state index >= 15 is 0 Å². The van der Waals surface area contributed by atoms with Gasteiger partial charge in [-0.2, -0.15) is 0 Å². The number of Topliss-reactive ketones (excluding diaryl/α,β-unsaturated/α-hetero) is 1. The van der Waals surface area contributed by atoms with Crippen LogP contribution in [0.4, 0.5) is 4.39 Å². The SMILES string of the molecule is CCCC(=O)CCC(C=C1CC1)(CC)c1ccc(CC2CCN(C3CCN(C(Cc4ccc(C)cc4F)=C4CC4)CC3)CC2)cc1C(C)C. The molecule has 0 amide bonds. The topological polar surface area (TPSA) is 23.6 Å². The van der Waals surface area contributed by atoms with Crippen molar-refractivity contribution in [1.29, 1.82) is 0 Å². The molecule has 1 unspecified atom stereocenters. The predicted molar refractivity (Wildman–Crippen MR) is 203 cm³/mol. The van der Waals surface area contributed by atoms with E-state index in [1.807, 2.05) is 19.1 Å². The lowest BCUT2D eigenvalue weighted by molar-refractivity contribution is -0.119. The number of carbonyl (C=O) groups is 1. The van der Waals surface area contributed by atoms with Gasteiger partial charge in [0.1, 0.15) is 11.6 Å². The minimum Gasteiger partial charge on any atom is -0.374 e. The van der Waals surface area contributed by atoms with Gasteiger partial charge in [0.2, 0.25) is 0 Å². The second kappa shape index (κ2) is 16.1. The summed E-state index contributed by atoms with van der Waals surface area (Å²) in [5.41, 5.74) is 10.8. The Labute approximate surface area is 297 Å². The van der Waals surface area contributed by atoms with Gasteiger partial charge < -0.3 is 9.80 Å². The number of benzene rings is 2. The van der Waals surface area contributed by atoms with Gasteiger partial charge in [-0.1, -0.05) is 75.2 Å². The Balaban J connectivity index is 1.04. The van der Waals surface area contributed by atoms with E-state index in [0.717, 1.165) is 55.8 Å². The molecule has 0 spiro atoms. The van der Waals surface area contributed by atoms with E-state index in [1.165, 1.54) is 93.3 Å². The third-order valence-corrected chi connectivity index (χ3v) is 12.3. The number of hydrogen-bond donors (Lipinski definition) is 0. The van der Waals surface area contributed by atoms with Crippen LogP contribution in [0.1, 0.15) is 145 Å². The average molecular weight is 667 g/mol. The first-order valence-corrected chi connectivity index (χ1v) is 20.0. The van der Waals surface area contributed by atoms with E-state index in [-0.39, 0.29) is 11.2 Å². The van der Waals surface area contributed by atoms with Crippen molar-refractivity contribution in [2.75, 3.05) is 26.2 Å². The van der Waals surface area contributed by atoms with Crippen molar-refractivity contribution in [2.45, 2.75) is 148 Å². The van der Waals surface area contributed by atoms with Gasteiger partial charge in [0.05, 0.1) is 0 Å². The molecule has 4 fully saturated rings. The number of rotatable bonds is 15. The smallest absolute Gasteiger partial charge is 0.132 e. The van der Waals surface area contributed by atoms with Crippen molar-refractivity contribution >= 4 is 5.78 Å². The van der Waals surface area contributed by atoms with Gasteiger partial charge >= 0.3 is 0 Å². The summed E-state index contributed by atoms with van der Waals surface area (Å²) < 4.78 is 14.7. The zero-order valence-corrected chi connectivity index (χ0v) is 31.4. The van der Waals surface area contributed by atoms with Crippen LogP contribution in [-0.4, -0.2) is 47.8 Å². The number of ketones is 1. The van der Waals surface area contributed by atoms with Crippen molar-refractivity contribution in [3.63, 3.8) is 0 Å². The van der Waals surface area contributed by atoms with Crippen molar-refractivity contribution < 1.29 is 9.18 Å². The second-order valence-corrected chi connectivity index (χ2v) is 16.4. The number of hydrogen-bond acceptors (Lipinski definition) is 3. The van der Waals surface area contributed by atoms with Crippen LogP contribution in [0.2, 0.25) is 0 Å². The van der Waals surface area contributed by atoms with E-state index < -0.39 is 0 Å². The number of nitrogens with zero attached hydrogens (tertiary/aromatic N) is 2. The zero-order valence-electron chi connectivity index (χ0n) is 31.4. The van der Waals surface area contributed by atoms with Gasteiger partial charge in [-0.3, -0.25) is 4.79 Å². The molecular weight excluding hydrogens is 604 g/mol.